The van der Waals surface area contributed by atoms with Crippen LogP contribution in [0.15, 0.2) is 41.6 Å². The molecule has 176 valence electrons. The van der Waals surface area contributed by atoms with Gasteiger partial charge in [0.25, 0.3) is 0 Å². The van der Waals surface area contributed by atoms with Gasteiger partial charge in [-0.3, -0.25) is 4.90 Å². The molecule has 0 amide bonds. The number of rotatable bonds is 4. The van der Waals surface area contributed by atoms with Crippen LogP contribution in [0.4, 0.5) is 24.5 Å². The van der Waals surface area contributed by atoms with E-state index in [-0.39, 0.29) is 6.61 Å². The van der Waals surface area contributed by atoms with Crippen molar-refractivity contribution in [1.29, 1.82) is 0 Å². The van der Waals surface area contributed by atoms with Gasteiger partial charge in [-0.15, -0.1) is 0 Å². The molecule has 0 radical (unpaired) electrons. The first-order valence-corrected chi connectivity index (χ1v) is 11.2. The summed E-state index contributed by atoms with van der Waals surface area (Å²) in [6.45, 7) is 6.28. The molecule has 0 aliphatic carbocycles. The number of hydrogen-bond acceptors (Lipinski definition) is 6. The van der Waals surface area contributed by atoms with Gasteiger partial charge < -0.3 is 19.4 Å². The highest BCUT2D eigenvalue weighted by molar-refractivity contribution is 6.08. The van der Waals surface area contributed by atoms with Crippen LogP contribution in [0.5, 0.6) is 5.75 Å². The van der Waals surface area contributed by atoms with E-state index in [2.05, 4.69) is 22.0 Å². The predicted molar refractivity (Wildman–Crippen MR) is 120 cm³/mol. The van der Waals surface area contributed by atoms with Crippen LogP contribution in [-0.2, 0) is 17.6 Å². The molecular formula is C24H27F3N4O2. The predicted octanol–water partition coefficient (Wildman–Crippen LogP) is 4.11. The van der Waals surface area contributed by atoms with Crippen LogP contribution in [0.25, 0.3) is 0 Å². The molecule has 3 aliphatic heterocycles. The fourth-order valence-corrected chi connectivity index (χ4v) is 4.61. The maximum Gasteiger partial charge on any atom is 0.416 e. The molecule has 0 unspecified atom stereocenters. The number of hydrogen-bond donors (Lipinski definition) is 0. The Morgan fingerprint density at radius 3 is 2.67 bits per heavy atom. The second kappa shape index (κ2) is 8.87. The van der Waals surface area contributed by atoms with Gasteiger partial charge in [0, 0.05) is 56.8 Å². The van der Waals surface area contributed by atoms with Gasteiger partial charge in [-0.2, -0.15) is 13.2 Å². The Bertz CT molecular complexity index is 1050. The summed E-state index contributed by atoms with van der Waals surface area (Å²) in [7, 11) is 2.13. The first-order chi connectivity index (χ1) is 15.9. The molecule has 1 saturated heterocycles. The second-order valence-corrected chi connectivity index (χ2v) is 8.70. The molecule has 9 heteroatoms. The van der Waals surface area contributed by atoms with Crippen LogP contribution in [0.2, 0.25) is 0 Å². The number of ether oxygens (including phenoxy) is 1. The molecule has 3 aliphatic rings. The molecule has 0 bridgehead atoms. The van der Waals surface area contributed by atoms with Crippen LogP contribution in [-0.4, -0.2) is 68.4 Å². The Labute approximate surface area is 191 Å². The molecule has 2 aromatic carbocycles. The quantitative estimate of drug-likeness (QED) is 0.508. The van der Waals surface area contributed by atoms with E-state index in [1.165, 1.54) is 12.1 Å². The summed E-state index contributed by atoms with van der Waals surface area (Å²) in [5, 5.41) is 4.43. The number of oxime groups is 1. The van der Waals surface area contributed by atoms with E-state index in [9.17, 15) is 13.2 Å². The maximum absolute atomic E-state index is 13.4. The molecule has 0 saturated carbocycles. The zero-order valence-electron chi connectivity index (χ0n) is 18.6. The third kappa shape index (κ3) is 4.52. The summed E-state index contributed by atoms with van der Waals surface area (Å²) < 4.78 is 46.0. The van der Waals surface area contributed by atoms with Gasteiger partial charge in [0.15, 0.2) is 0 Å². The minimum absolute atomic E-state index is 0.287. The van der Waals surface area contributed by atoms with Gasteiger partial charge in [0.2, 0.25) is 0 Å². The van der Waals surface area contributed by atoms with E-state index >= 15 is 0 Å². The van der Waals surface area contributed by atoms with Crippen molar-refractivity contribution in [3.05, 3.63) is 53.1 Å². The summed E-state index contributed by atoms with van der Waals surface area (Å²) in [6.07, 6.45) is -3.84. The number of para-hydroxylation sites is 1. The fraction of sp³-hybridized carbons (Fsp3) is 0.458. The number of likely N-dealkylation sites (N-methyl/N-ethyl adjacent to an activating group) is 1. The van der Waals surface area contributed by atoms with E-state index in [0.717, 1.165) is 61.3 Å². The van der Waals surface area contributed by atoms with Gasteiger partial charge in [-0.25, -0.2) is 0 Å². The van der Waals surface area contributed by atoms with Crippen molar-refractivity contribution in [3.63, 3.8) is 0 Å². The average molecular weight is 461 g/mol. The Morgan fingerprint density at radius 2 is 1.88 bits per heavy atom. The number of piperazine rings is 1. The zero-order valence-corrected chi connectivity index (χ0v) is 18.6. The lowest BCUT2D eigenvalue weighted by Crippen LogP contribution is -2.45. The summed E-state index contributed by atoms with van der Waals surface area (Å²) in [5.41, 5.74) is 3.22. The summed E-state index contributed by atoms with van der Waals surface area (Å²) in [6, 6.07) is 9.48. The molecule has 0 aromatic heterocycles. The van der Waals surface area contributed by atoms with Crippen molar-refractivity contribution >= 4 is 17.1 Å². The largest absolute Gasteiger partial charge is 0.487 e. The number of benzene rings is 2. The Morgan fingerprint density at radius 1 is 1.06 bits per heavy atom. The molecule has 2 aromatic rings. The Hall–Kier alpha value is -2.78. The first-order valence-electron chi connectivity index (χ1n) is 11.2. The third-order valence-electron chi connectivity index (χ3n) is 6.50. The maximum atomic E-state index is 13.4. The van der Waals surface area contributed by atoms with Gasteiger partial charge >= 0.3 is 6.18 Å². The van der Waals surface area contributed by atoms with Crippen LogP contribution >= 0.6 is 0 Å². The van der Waals surface area contributed by atoms with E-state index in [0.29, 0.717) is 31.0 Å². The number of fused-ring (bicyclic) bond motifs is 2. The van der Waals surface area contributed by atoms with Crippen molar-refractivity contribution in [2.45, 2.75) is 19.2 Å². The summed E-state index contributed by atoms with van der Waals surface area (Å²) >= 11 is 0. The van der Waals surface area contributed by atoms with Crippen LogP contribution < -0.4 is 9.64 Å². The Kier molecular flexibility index (Phi) is 5.92. The SMILES string of the molecule is CN1CCN(CCO/N=C2/CCN3c4cc(C(F)(F)F)ccc4OCc4cccc2c43)CC1. The van der Waals surface area contributed by atoms with Crippen LogP contribution in [0.3, 0.4) is 0 Å². The Balaban J connectivity index is 1.37. The smallest absolute Gasteiger partial charge is 0.416 e. The third-order valence-corrected chi connectivity index (χ3v) is 6.50. The van der Waals surface area contributed by atoms with E-state index in [1.54, 1.807) is 0 Å². The van der Waals surface area contributed by atoms with Gasteiger partial charge in [0.1, 0.15) is 19.0 Å². The zero-order chi connectivity index (χ0) is 23.0. The van der Waals surface area contributed by atoms with E-state index in [4.69, 9.17) is 9.57 Å². The van der Waals surface area contributed by atoms with Gasteiger partial charge in [-0.05, 0) is 25.2 Å². The van der Waals surface area contributed by atoms with Gasteiger partial charge in [-0.1, -0.05) is 23.4 Å². The molecular weight excluding hydrogens is 433 g/mol. The van der Waals surface area contributed by atoms with Crippen LogP contribution in [0, 0.1) is 0 Å². The normalized spacial score (nSPS) is 20.1. The van der Waals surface area contributed by atoms with E-state index in [1.807, 2.05) is 23.1 Å². The van der Waals surface area contributed by atoms with Crippen molar-refractivity contribution in [2.75, 3.05) is 57.8 Å². The second-order valence-electron chi connectivity index (χ2n) is 8.70. The monoisotopic (exact) mass is 460 g/mol. The molecule has 1 fully saturated rings. The number of nitrogens with zero attached hydrogens (tertiary/aromatic N) is 4. The average Bonchev–Trinajstić information content (AvgIpc) is 2.96. The van der Waals surface area contributed by atoms with Crippen molar-refractivity contribution < 1.29 is 22.7 Å². The summed E-state index contributed by atoms with van der Waals surface area (Å²) in [4.78, 5) is 12.3. The number of alkyl halides is 3. The van der Waals surface area contributed by atoms with Crippen LogP contribution in [0.1, 0.15) is 23.1 Å². The summed E-state index contributed by atoms with van der Waals surface area (Å²) in [5.74, 6) is 0.453. The lowest BCUT2D eigenvalue weighted by atomic mass is 9.95. The lowest BCUT2D eigenvalue weighted by Gasteiger charge is -2.33. The minimum atomic E-state index is -4.41. The van der Waals surface area contributed by atoms with Crippen molar-refractivity contribution in [3.8, 4) is 5.75 Å². The van der Waals surface area contributed by atoms with Gasteiger partial charge in [0.05, 0.1) is 22.6 Å². The topological polar surface area (TPSA) is 40.5 Å². The van der Waals surface area contributed by atoms with Crippen molar-refractivity contribution in [2.24, 2.45) is 5.16 Å². The fourth-order valence-electron chi connectivity index (χ4n) is 4.61. The number of anilines is 2. The first kappa shape index (κ1) is 22.0. The standard InChI is InChI=1S/C24H27F3N4O2/c1-29-9-11-30(12-10-29)13-14-33-28-20-7-8-31-21-15-18(24(25,26)27)5-6-22(21)32-16-17-3-2-4-19(20)23(17)31/h2-6,15H,7-14,16H2,1H3/b28-20-. The lowest BCUT2D eigenvalue weighted by molar-refractivity contribution is -0.137. The molecule has 6 nitrogen and oxygen atoms in total. The highest BCUT2D eigenvalue weighted by atomic mass is 19.4. The van der Waals surface area contributed by atoms with E-state index < -0.39 is 11.7 Å². The molecule has 33 heavy (non-hydrogen) atoms. The minimum Gasteiger partial charge on any atom is -0.487 e. The van der Waals surface area contributed by atoms with Crippen molar-refractivity contribution in [1.82, 2.24) is 9.80 Å². The highest BCUT2D eigenvalue weighted by Crippen LogP contribution is 2.45. The molecule has 5 rings (SSSR count). The number of halogens is 3. The molecule has 0 spiro atoms. The highest BCUT2D eigenvalue weighted by Gasteiger charge is 2.35. The molecule has 3 heterocycles. The molecule has 0 atom stereocenters. The molecule has 0 N–H and O–H groups in total.